The summed E-state index contributed by atoms with van der Waals surface area (Å²) in [6.45, 7) is 11.4. The molecule has 0 aromatic heterocycles. The number of nitrogens with zero attached hydrogens (tertiary/aromatic N) is 1. The lowest BCUT2D eigenvalue weighted by atomic mass is 10.1. The Balaban J connectivity index is 3.14. The smallest absolute Gasteiger partial charge is 0.410 e. The number of rotatable bonds is 4. The van der Waals surface area contributed by atoms with Crippen molar-refractivity contribution in [3.8, 4) is 0 Å². The molecule has 0 aromatic rings. The normalized spacial score (nSPS) is 20.5. The molecule has 1 rings (SSSR count). The van der Waals surface area contributed by atoms with Crippen molar-refractivity contribution in [2.24, 2.45) is 0 Å². The molecule has 1 aliphatic rings. The quantitative estimate of drug-likeness (QED) is 0.546. The second kappa shape index (κ2) is 9.32. The molecule has 1 heterocycles. The predicted octanol–water partition coefficient (Wildman–Crippen LogP) is 1.99. The summed E-state index contributed by atoms with van der Waals surface area (Å²) in [6, 6.07) is -2.09. The Hall–Kier alpha value is -2.52. The van der Waals surface area contributed by atoms with E-state index in [2.05, 4.69) is 5.32 Å². The average Bonchev–Trinajstić information content (AvgIpc) is 2.91. The Kier molecular flexibility index (Phi) is 7.88. The Labute approximate surface area is 171 Å². The van der Waals surface area contributed by atoms with E-state index < -0.39 is 53.5 Å². The van der Waals surface area contributed by atoms with Crippen LogP contribution in [0.15, 0.2) is 0 Å². The SMILES string of the molecule is COC(=O)[C@H](NC(=O)OC(C)(C)C)[C@@H]1C[C@@H](OC(C)=O)CN1C(=O)OC(C)(C)C. The van der Waals surface area contributed by atoms with Crippen LogP contribution in [0.2, 0.25) is 0 Å². The molecule has 0 bridgehead atoms. The van der Waals surface area contributed by atoms with Gasteiger partial charge in [-0.2, -0.15) is 0 Å². The van der Waals surface area contributed by atoms with Gasteiger partial charge in [0.25, 0.3) is 0 Å². The molecule has 0 spiro atoms. The van der Waals surface area contributed by atoms with Gasteiger partial charge in [0, 0.05) is 13.3 Å². The highest BCUT2D eigenvalue weighted by atomic mass is 16.6. The van der Waals surface area contributed by atoms with Gasteiger partial charge < -0.3 is 24.3 Å². The van der Waals surface area contributed by atoms with Crippen LogP contribution in [0, 0.1) is 0 Å². The highest BCUT2D eigenvalue weighted by Crippen LogP contribution is 2.26. The van der Waals surface area contributed by atoms with Crippen molar-refractivity contribution in [2.45, 2.75) is 84.3 Å². The number of methoxy groups -OCH3 is 1. The molecule has 1 fully saturated rings. The number of nitrogens with one attached hydrogen (secondary N) is 1. The molecule has 0 aromatic carbocycles. The molecule has 1 saturated heterocycles. The van der Waals surface area contributed by atoms with E-state index in [0.29, 0.717) is 0 Å². The fourth-order valence-electron chi connectivity index (χ4n) is 2.87. The molecular weight excluding hydrogens is 384 g/mol. The molecule has 0 unspecified atom stereocenters. The number of carbonyl (C=O) groups excluding carboxylic acids is 4. The van der Waals surface area contributed by atoms with E-state index in [-0.39, 0.29) is 13.0 Å². The average molecular weight is 416 g/mol. The second-order valence-corrected chi connectivity index (χ2v) is 8.81. The lowest BCUT2D eigenvalue weighted by Gasteiger charge is -2.32. The van der Waals surface area contributed by atoms with E-state index in [0.717, 1.165) is 0 Å². The number of hydrogen-bond acceptors (Lipinski definition) is 8. The van der Waals surface area contributed by atoms with Crippen LogP contribution in [0.4, 0.5) is 9.59 Å². The highest BCUT2D eigenvalue weighted by molar-refractivity contribution is 5.83. The van der Waals surface area contributed by atoms with Crippen molar-refractivity contribution in [1.29, 1.82) is 0 Å². The van der Waals surface area contributed by atoms with Crippen molar-refractivity contribution < 1.29 is 38.1 Å². The molecule has 1 N–H and O–H groups in total. The lowest BCUT2D eigenvalue weighted by molar-refractivity contribution is -0.145. The minimum absolute atomic E-state index is 0.0165. The zero-order valence-electron chi connectivity index (χ0n) is 18.4. The molecule has 166 valence electrons. The number of amides is 2. The number of carbonyl (C=O) groups is 4. The molecule has 3 atom stereocenters. The largest absolute Gasteiger partial charge is 0.467 e. The monoisotopic (exact) mass is 416 g/mol. The highest BCUT2D eigenvalue weighted by Gasteiger charge is 2.46. The summed E-state index contributed by atoms with van der Waals surface area (Å²) in [5, 5.41) is 2.46. The number of likely N-dealkylation sites (tertiary alicyclic amines) is 1. The second-order valence-electron chi connectivity index (χ2n) is 8.81. The van der Waals surface area contributed by atoms with Gasteiger partial charge in [-0.1, -0.05) is 0 Å². The number of hydrogen-bond donors (Lipinski definition) is 1. The van der Waals surface area contributed by atoms with Gasteiger partial charge >= 0.3 is 24.1 Å². The molecule has 0 saturated carbocycles. The van der Waals surface area contributed by atoms with Crippen molar-refractivity contribution in [3.05, 3.63) is 0 Å². The molecule has 1 aliphatic heterocycles. The van der Waals surface area contributed by atoms with Gasteiger partial charge in [-0.15, -0.1) is 0 Å². The summed E-state index contributed by atoms with van der Waals surface area (Å²) in [6.07, 6.45) is -2.07. The lowest BCUT2D eigenvalue weighted by Crippen LogP contribution is -2.56. The molecule has 0 aliphatic carbocycles. The summed E-state index contributed by atoms with van der Waals surface area (Å²) in [7, 11) is 1.17. The summed E-state index contributed by atoms with van der Waals surface area (Å²) < 4.78 is 20.6. The topological polar surface area (TPSA) is 120 Å². The van der Waals surface area contributed by atoms with Crippen molar-refractivity contribution in [1.82, 2.24) is 10.2 Å². The first-order chi connectivity index (χ1) is 13.1. The minimum Gasteiger partial charge on any atom is -0.467 e. The molecule has 29 heavy (non-hydrogen) atoms. The first kappa shape index (κ1) is 24.5. The van der Waals surface area contributed by atoms with Gasteiger partial charge in [0.1, 0.15) is 17.3 Å². The molecule has 10 nitrogen and oxygen atoms in total. The first-order valence-electron chi connectivity index (χ1n) is 9.37. The maximum absolute atomic E-state index is 12.7. The van der Waals surface area contributed by atoms with E-state index in [1.807, 2.05) is 0 Å². The van der Waals surface area contributed by atoms with E-state index >= 15 is 0 Å². The number of esters is 2. The van der Waals surface area contributed by atoms with Crippen LogP contribution in [-0.2, 0) is 28.5 Å². The third-order valence-corrected chi connectivity index (χ3v) is 3.78. The van der Waals surface area contributed by atoms with Crippen LogP contribution in [0.25, 0.3) is 0 Å². The maximum atomic E-state index is 12.7. The van der Waals surface area contributed by atoms with Crippen LogP contribution in [0.3, 0.4) is 0 Å². The van der Waals surface area contributed by atoms with Crippen LogP contribution in [-0.4, -0.2) is 72.1 Å². The Morgan fingerprint density at radius 1 is 1.00 bits per heavy atom. The van der Waals surface area contributed by atoms with Gasteiger partial charge in [-0.05, 0) is 41.5 Å². The van der Waals surface area contributed by atoms with Crippen molar-refractivity contribution in [3.63, 3.8) is 0 Å². The molecule has 2 amide bonds. The van der Waals surface area contributed by atoms with Gasteiger partial charge in [0.05, 0.1) is 19.7 Å². The van der Waals surface area contributed by atoms with Crippen LogP contribution in [0.5, 0.6) is 0 Å². The predicted molar refractivity (Wildman–Crippen MR) is 102 cm³/mol. The van der Waals surface area contributed by atoms with E-state index in [1.54, 1.807) is 41.5 Å². The fraction of sp³-hybridized carbons (Fsp3) is 0.789. The van der Waals surface area contributed by atoms with Crippen molar-refractivity contribution in [2.75, 3.05) is 13.7 Å². The van der Waals surface area contributed by atoms with Crippen molar-refractivity contribution >= 4 is 24.1 Å². The maximum Gasteiger partial charge on any atom is 0.410 e. The zero-order valence-corrected chi connectivity index (χ0v) is 18.4. The van der Waals surface area contributed by atoms with Gasteiger partial charge in [-0.25, -0.2) is 14.4 Å². The number of alkyl carbamates (subject to hydrolysis) is 1. The van der Waals surface area contributed by atoms with E-state index in [4.69, 9.17) is 18.9 Å². The molecular formula is C19H32N2O8. The fourth-order valence-corrected chi connectivity index (χ4v) is 2.87. The third-order valence-electron chi connectivity index (χ3n) is 3.78. The Bertz CT molecular complexity index is 635. The van der Waals surface area contributed by atoms with E-state index in [1.165, 1.54) is 18.9 Å². The Morgan fingerprint density at radius 2 is 1.55 bits per heavy atom. The first-order valence-corrected chi connectivity index (χ1v) is 9.37. The summed E-state index contributed by atoms with van der Waals surface area (Å²) in [5.41, 5.74) is -1.56. The van der Waals surface area contributed by atoms with Gasteiger partial charge in [-0.3, -0.25) is 9.69 Å². The summed E-state index contributed by atoms with van der Waals surface area (Å²) in [4.78, 5) is 50.0. The number of ether oxygens (including phenoxy) is 4. The summed E-state index contributed by atoms with van der Waals surface area (Å²) in [5.74, 6) is -1.28. The van der Waals surface area contributed by atoms with Crippen LogP contribution >= 0.6 is 0 Å². The van der Waals surface area contributed by atoms with Crippen LogP contribution < -0.4 is 5.32 Å². The third kappa shape index (κ3) is 8.16. The minimum atomic E-state index is -1.23. The standard InChI is InChI=1S/C19H32N2O8/c1-11(22)27-12-9-13(21(10-12)17(25)29-19(5,6)7)14(15(23)26-8)20-16(24)28-18(2,3)4/h12-14H,9-10H2,1-8H3,(H,20,24)/t12-,13+,14-/m1/s1. The zero-order chi connectivity index (χ0) is 22.6. The van der Waals surface area contributed by atoms with Gasteiger partial charge in [0.2, 0.25) is 0 Å². The van der Waals surface area contributed by atoms with Gasteiger partial charge in [0.15, 0.2) is 6.04 Å². The summed E-state index contributed by atoms with van der Waals surface area (Å²) >= 11 is 0. The molecule has 10 heteroatoms. The van der Waals surface area contributed by atoms with E-state index in [9.17, 15) is 19.2 Å². The molecule has 0 radical (unpaired) electrons. The van der Waals surface area contributed by atoms with Crippen LogP contribution in [0.1, 0.15) is 54.9 Å². The Morgan fingerprint density at radius 3 is 2.00 bits per heavy atom.